The first-order valence-corrected chi connectivity index (χ1v) is 5.33. The van der Waals surface area contributed by atoms with Gasteiger partial charge in [0, 0.05) is 13.6 Å². The smallest absolute Gasteiger partial charge is 0.173 e. The van der Waals surface area contributed by atoms with Crippen molar-refractivity contribution in [3.8, 4) is 0 Å². The average molecular weight is 226 g/mol. The van der Waals surface area contributed by atoms with Crippen molar-refractivity contribution in [2.45, 2.75) is 13.3 Å². The van der Waals surface area contributed by atoms with Crippen LogP contribution in [0.25, 0.3) is 0 Å². The molecule has 0 atom stereocenters. The molecule has 0 aromatic heterocycles. The molecule has 0 radical (unpaired) electrons. The zero-order valence-electron chi connectivity index (χ0n) is 8.96. The van der Waals surface area contributed by atoms with Gasteiger partial charge in [0.15, 0.2) is 5.11 Å². The lowest BCUT2D eigenvalue weighted by molar-refractivity contribution is 0.628. The van der Waals surface area contributed by atoms with Crippen LogP contribution in [0.1, 0.15) is 13.3 Å². The Kier molecular flexibility index (Phi) is 4.49. The lowest BCUT2D eigenvalue weighted by Crippen LogP contribution is -2.37. The third-order valence-corrected chi connectivity index (χ3v) is 2.46. The van der Waals surface area contributed by atoms with Crippen molar-refractivity contribution in [2.24, 2.45) is 0 Å². The van der Waals surface area contributed by atoms with Crippen molar-refractivity contribution in [1.29, 1.82) is 0 Å². The maximum Gasteiger partial charge on any atom is 0.173 e. The number of nitrogens with zero attached hydrogens (tertiary/aromatic N) is 1. The second-order valence-electron chi connectivity index (χ2n) is 3.24. The molecule has 0 spiro atoms. The topological polar surface area (TPSA) is 15.3 Å². The van der Waals surface area contributed by atoms with Crippen LogP contribution in [0.5, 0.6) is 0 Å². The van der Waals surface area contributed by atoms with E-state index >= 15 is 0 Å². The summed E-state index contributed by atoms with van der Waals surface area (Å²) in [6.45, 7) is 2.86. The largest absolute Gasteiger partial charge is 0.362 e. The van der Waals surface area contributed by atoms with Crippen molar-refractivity contribution in [3.63, 3.8) is 0 Å². The highest BCUT2D eigenvalue weighted by atomic mass is 32.1. The molecule has 0 fully saturated rings. The van der Waals surface area contributed by atoms with Crippen LogP contribution in [0.2, 0.25) is 0 Å². The average Bonchev–Trinajstić information content (AvgIpc) is 2.25. The number of thiocarbonyl (C=S) groups is 1. The van der Waals surface area contributed by atoms with Crippen LogP contribution >= 0.6 is 12.2 Å². The van der Waals surface area contributed by atoms with Gasteiger partial charge < -0.3 is 10.2 Å². The van der Waals surface area contributed by atoms with Gasteiger partial charge >= 0.3 is 0 Å². The summed E-state index contributed by atoms with van der Waals surface area (Å²) in [4.78, 5) is 1.64. The lowest BCUT2D eigenvalue weighted by Gasteiger charge is -2.21. The predicted octanol–water partition coefficient (Wildman–Crippen LogP) is 2.55. The first-order valence-electron chi connectivity index (χ1n) is 4.93. The maximum atomic E-state index is 13.4. The van der Waals surface area contributed by atoms with Gasteiger partial charge in [-0.2, -0.15) is 0 Å². The summed E-state index contributed by atoms with van der Waals surface area (Å²) in [5.74, 6) is -0.263. The zero-order valence-corrected chi connectivity index (χ0v) is 9.77. The molecule has 0 heterocycles. The highest BCUT2D eigenvalue weighted by molar-refractivity contribution is 7.80. The molecule has 0 aliphatic carbocycles. The fourth-order valence-electron chi connectivity index (χ4n) is 1.18. The second-order valence-corrected chi connectivity index (χ2v) is 3.63. The fraction of sp³-hybridized carbons (Fsp3) is 0.364. The minimum absolute atomic E-state index is 0.263. The van der Waals surface area contributed by atoms with E-state index in [4.69, 9.17) is 12.2 Å². The SMILES string of the molecule is CCCNC(=S)N(C)c1ccccc1F. The van der Waals surface area contributed by atoms with E-state index < -0.39 is 0 Å². The molecule has 2 nitrogen and oxygen atoms in total. The monoisotopic (exact) mass is 226 g/mol. The summed E-state index contributed by atoms with van der Waals surface area (Å²) in [5.41, 5.74) is 0.492. The Morgan fingerprint density at radius 2 is 2.13 bits per heavy atom. The molecule has 15 heavy (non-hydrogen) atoms. The van der Waals surface area contributed by atoms with Gasteiger partial charge in [0.1, 0.15) is 5.82 Å². The Hall–Kier alpha value is -1.16. The lowest BCUT2D eigenvalue weighted by atomic mass is 10.3. The van der Waals surface area contributed by atoms with E-state index in [0.29, 0.717) is 10.8 Å². The van der Waals surface area contributed by atoms with E-state index in [9.17, 15) is 4.39 Å². The van der Waals surface area contributed by atoms with E-state index in [1.54, 1.807) is 30.1 Å². The second kappa shape index (κ2) is 5.66. The molecule has 4 heteroatoms. The Morgan fingerprint density at radius 1 is 1.47 bits per heavy atom. The third-order valence-electron chi connectivity index (χ3n) is 2.04. The number of rotatable bonds is 3. The number of hydrogen-bond acceptors (Lipinski definition) is 1. The number of hydrogen-bond donors (Lipinski definition) is 1. The van der Waals surface area contributed by atoms with E-state index in [2.05, 4.69) is 12.2 Å². The van der Waals surface area contributed by atoms with Gasteiger partial charge in [0.2, 0.25) is 0 Å². The van der Waals surface area contributed by atoms with Gasteiger partial charge in [-0.1, -0.05) is 19.1 Å². The number of halogens is 1. The molecule has 0 saturated carbocycles. The molecule has 0 saturated heterocycles. The molecule has 0 aliphatic rings. The van der Waals surface area contributed by atoms with Crippen LogP contribution in [-0.2, 0) is 0 Å². The summed E-state index contributed by atoms with van der Waals surface area (Å²) in [6.07, 6.45) is 0.991. The minimum atomic E-state index is -0.263. The Balaban J connectivity index is 2.72. The Bertz CT molecular complexity index is 341. The molecule has 82 valence electrons. The van der Waals surface area contributed by atoms with E-state index in [1.165, 1.54) is 6.07 Å². The Labute approximate surface area is 95.1 Å². The van der Waals surface area contributed by atoms with Crippen LogP contribution in [-0.4, -0.2) is 18.7 Å². The molecule has 1 aromatic rings. The molecule has 0 amide bonds. The van der Waals surface area contributed by atoms with Gasteiger partial charge in [0.05, 0.1) is 5.69 Å². The molecule has 0 unspecified atom stereocenters. The number of benzene rings is 1. The van der Waals surface area contributed by atoms with Crippen molar-refractivity contribution in [3.05, 3.63) is 30.1 Å². The van der Waals surface area contributed by atoms with Crippen molar-refractivity contribution < 1.29 is 4.39 Å². The van der Waals surface area contributed by atoms with Crippen LogP contribution in [0.15, 0.2) is 24.3 Å². The van der Waals surface area contributed by atoms with E-state index in [1.807, 2.05) is 0 Å². The molecule has 1 rings (SSSR count). The van der Waals surface area contributed by atoms with Crippen molar-refractivity contribution >= 4 is 23.0 Å². The summed E-state index contributed by atoms with van der Waals surface area (Å²) in [7, 11) is 1.75. The quantitative estimate of drug-likeness (QED) is 0.797. The van der Waals surface area contributed by atoms with Crippen molar-refractivity contribution in [1.82, 2.24) is 5.32 Å². The van der Waals surface area contributed by atoms with Gasteiger partial charge in [-0.25, -0.2) is 4.39 Å². The first kappa shape index (κ1) is 11.9. The van der Waals surface area contributed by atoms with Gasteiger partial charge in [-0.05, 0) is 30.8 Å². The highest BCUT2D eigenvalue weighted by Gasteiger charge is 2.09. The maximum absolute atomic E-state index is 13.4. The number of anilines is 1. The van der Waals surface area contributed by atoms with E-state index in [-0.39, 0.29) is 5.82 Å². The Morgan fingerprint density at radius 3 is 2.73 bits per heavy atom. The molecular formula is C11H15FN2S. The van der Waals surface area contributed by atoms with Crippen LogP contribution < -0.4 is 10.2 Å². The predicted molar refractivity (Wildman–Crippen MR) is 65.7 cm³/mol. The molecular weight excluding hydrogens is 211 g/mol. The highest BCUT2D eigenvalue weighted by Crippen LogP contribution is 2.16. The van der Waals surface area contributed by atoms with Gasteiger partial charge in [-0.15, -0.1) is 0 Å². The molecule has 0 bridgehead atoms. The third kappa shape index (κ3) is 3.16. The normalized spacial score (nSPS) is 9.80. The fourth-order valence-corrected chi connectivity index (χ4v) is 1.38. The van der Waals surface area contributed by atoms with E-state index in [0.717, 1.165) is 13.0 Å². The molecule has 1 N–H and O–H groups in total. The van der Waals surface area contributed by atoms with Gasteiger partial charge in [0.25, 0.3) is 0 Å². The zero-order chi connectivity index (χ0) is 11.3. The summed E-state index contributed by atoms with van der Waals surface area (Å²) in [6, 6.07) is 6.58. The van der Waals surface area contributed by atoms with Crippen molar-refractivity contribution in [2.75, 3.05) is 18.5 Å². The molecule has 0 aliphatic heterocycles. The minimum Gasteiger partial charge on any atom is -0.362 e. The van der Waals surface area contributed by atoms with Gasteiger partial charge in [-0.3, -0.25) is 0 Å². The molecule has 1 aromatic carbocycles. The van der Waals surface area contributed by atoms with Crippen LogP contribution in [0, 0.1) is 5.82 Å². The standard InChI is InChI=1S/C11H15FN2S/c1-3-8-13-11(15)14(2)10-7-5-4-6-9(10)12/h4-7H,3,8H2,1-2H3,(H,13,15). The van der Waals surface area contributed by atoms with Crippen LogP contribution in [0.3, 0.4) is 0 Å². The number of para-hydroxylation sites is 1. The van der Waals surface area contributed by atoms with Crippen LogP contribution in [0.4, 0.5) is 10.1 Å². The summed E-state index contributed by atoms with van der Waals surface area (Å²) in [5, 5.41) is 3.59. The first-order chi connectivity index (χ1) is 7.16. The summed E-state index contributed by atoms with van der Waals surface area (Å²) >= 11 is 5.13. The number of nitrogens with one attached hydrogen (secondary N) is 1. The summed E-state index contributed by atoms with van der Waals surface area (Å²) < 4.78 is 13.4.